The van der Waals surface area contributed by atoms with Gasteiger partial charge in [-0.2, -0.15) is 0 Å². The third-order valence-electron chi connectivity index (χ3n) is 9.87. The fourth-order valence-electron chi connectivity index (χ4n) is 6.77. The van der Waals surface area contributed by atoms with E-state index in [0.29, 0.717) is 25.6 Å². The zero-order chi connectivity index (χ0) is 32.1. The van der Waals surface area contributed by atoms with Gasteiger partial charge in [0.15, 0.2) is 0 Å². The first-order valence-electron chi connectivity index (χ1n) is 19.5. The van der Waals surface area contributed by atoms with E-state index in [-0.39, 0.29) is 17.9 Å². The zero-order valence-corrected chi connectivity index (χ0v) is 30.0. The SMILES string of the molecule is CCCCCCCCCC(CCCCCCCCC(=O)OCCC(CCCCC)CCCCC)COC(=O)C1CCN(C)C1. The van der Waals surface area contributed by atoms with E-state index >= 15 is 0 Å². The summed E-state index contributed by atoms with van der Waals surface area (Å²) in [5.74, 6) is 1.31. The first kappa shape index (κ1) is 40.9. The second-order valence-corrected chi connectivity index (χ2v) is 14.2. The molecular weight excluding hydrogens is 546 g/mol. The van der Waals surface area contributed by atoms with E-state index < -0.39 is 0 Å². The van der Waals surface area contributed by atoms with Crippen LogP contribution in [-0.4, -0.2) is 50.2 Å². The van der Waals surface area contributed by atoms with Crippen LogP contribution in [0, 0.1) is 17.8 Å². The Balaban J connectivity index is 2.18. The topological polar surface area (TPSA) is 55.8 Å². The smallest absolute Gasteiger partial charge is 0.310 e. The van der Waals surface area contributed by atoms with Crippen LogP contribution in [0.2, 0.25) is 0 Å². The Labute approximate surface area is 274 Å². The number of unbranched alkanes of at least 4 members (excludes halogenated alkanes) is 15. The number of rotatable bonds is 31. The predicted octanol–water partition coefficient (Wildman–Crippen LogP) is 11.1. The third kappa shape index (κ3) is 23.3. The second kappa shape index (κ2) is 29.3. The molecule has 2 unspecified atom stereocenters. The average molecular weight is 622 g/mol. The van der Waals surface area contributed by atoms with E-state index in [1.807, 2.05) is 0 Å². The minimum Gasteiger partial charge on any atom is -0.466 e. The molecule has 44 heavy (non-hydrogen) atoms. The highest BCUT2D eigenvalue weighted by molar-refractivity contribution is 5.73. The van der Waals surface area contributed by atoms with Crippen molar-refractivity contribution in [1.82, 2.24) is 4.90 Å². The number of likely N-dealkylation sites (tertiary alicyclic amines) is 1. The lowest BCUT2D eigenvalue weighted by atomic mass is 9.92. The fourth-order valence-corrected chi connectivity index (χ4v) is 6.77. The molecule has 0 radical (unpaired) electrons. The maximum Gasteiger partial charge on any atom is 0.310 e. The van der Waals surface area contributed by atoms with Crippen LogP contribution < -0.4 is 0 Å². The lowest BCUT2D eigenvalue weighted by Crippen LogP contribution is -2.24. The van der Waals surface area contributed by atoms with Gasteiger partial charge in [-0.25, -0.2) is 0 Å². The van der Waals surface area contributed by atoms with Crippen LogP contribution in [0.25, 0.3) is 0 Å². The van der Waals surface area contributed by atoms with Crippen LogP contribution in [0.3, 0.4) is 0 Å². The summed E-state index contributed by atoms with van der Waals surface area (Å²) in [7, 11) is 2.09. The highest BCUT2D eigenvalue weighted by Gasteiger charge is 2.28. The quantitative estimate of drug-likeness (QED) is 0.0569. The summed E-state index contributed by atoms with van der Waals surface area (Å²) in [6, 6.07) is 0. The molecular formula is C39H75NO4. The molecule has 0 spiro atoms. The molecule has 0 bridgehead atoms. The molecule has 1 rings (SSSR count). The molecule has 2 atom stereocenters. The van der Waals surface area contributed by atoms with Crippen molar-refractivity contribution in [2.75, 3.05) is 33.4 Å². The number of esters is 2. The average Bonchev–Trinajstić information content (AvgIpc) is 3.46. The van der Waals surface area contributed by atoms with Crippen LogP contribution in [0.1, 0.15) is 188 Å². The van der Waals surface area contributed by atoms with E-state index in [0.717, 1.165) is 51.1 Å². The molecule has 0 aromatic rings. The fraction of sp³-hybridized carbons (Fsp3) is 0.949. The minimum atomic E-state index is -0.00197. The Morgan fingerprint density at radius 2 is 1.09 bits per heavy atom. The van der Waals surface area contributed by atoms with Gasteiger partial charge in [-0.3, -0.25) is 9.59 Å². The highest BCUT2D eigenvalue weighted by atomic mass is 16.5. The van der Waals surface area contributed by atoms with Crippen molar-refractivity contribution >= 4 is 11.9 Å². The maximum absolute atomic E-state index is 12.6. The van der Waals surface area contributed by atoms with Gasteiger partial charge in [0.2, 0.25) is 0 Å². The standard InChI is InChI=1S/C39H75NO4/c1-5-8-11-12-13-16-21-26-36(34-44-39(42)37-29-31-40(4)33-37)27-22-17-14-15-18-23-28-38(41)43-32-30-35(24-19-9-6-2)25-20-10-7-3/h35-37H,5-34H2,1-4H3. The molecule has 5 heteroatoms. The molecule has 260 valence electrons. The van der Waals surface area contributed by atoms with Gasteiger partial charge in [-0.1, -0.05) is 149 Å². The molecule has 0 aliphatic carbocycles. The number of ether oxygens (including phenoxy) is 2. The van der Waals surface area contributed by atoms with Gasteiger partial charge < -0.3 is 14.4 Å². The van der Waals surface area contributed by atoms with E-state index in [1.165, 1.54) is 128 Å². The Morgan fingerprint density at radius 3 is 1.64 bits per heavy atom. The lowest BCUT2D eigenvalue weighted by Gasteiger charge is -2.19. The molecule has 0 aromatic heterocycles. The van der Waals surface area contributed by atoms with Gasteiger partial charge in [0.25, 0.3) is 0 Å². The summed E-state index contributed by atoms with van der Waals surface area (Å²) >= 11 is 0. The Bertz CT molecular complexity index is 659. The van der Waals surface area contributed by atoms with Crippen molar-refractivity contribution in [3.8, 4) is 0 Å². The largest absolute Gasteiger partial charge is 0.466 e. The summed E-state index contributed by atoms with van der Waals surface area (Å²) in [6.45, 7) is 9.86. The van der Waals surface area contributed by atoms with Crippen LogP contribution >= 0.6 is 0 Å². The summed E-state index contributed by atoms with van der Waals surface area (Å²) in [5, 5.41) is 0. The highest BCUT2D eigenvalue weighted by Crippen LogP contribution is 2.23. The van der Waals surface area contributed by atoms with E-state index in [1.54, 1.807) is 0 Å². The summed E-state index contributed by atoms with van der Waals surface area (Å²) in [6.07, 6.45) is 31.5. The van der Waals surface area contributed by atoms with Crippen molar-refractivity contribution in [2.45, 2.75) is 188 Å². The van der Waals surface area contributed by atoms with Gasteiger partial charge in [-0.15, -0.1) is 0 Å². The first-order chi connectivity index (χ1) is 21.5. The number of hydrogen-bond donors (Lipinski definition) is 0. The summed E-state index contributed by atoms with van der Waals surface area (Å²) < 4.78 is 11.5. The Morgan fingerprint density at radius 1 is 0.614 bits per heavy atom. The van der Waals surface area contributed by atoms with Crippen LogP contribution in [0.5, 0.6) is 0 Å². The summed E-state index contributed by atoms with van der Waals surface area (Å²) in [5.41, 5.74) is 0. The van der Waals surface area contributed by atoms with Gasteiger partial charge in [0, 0.05) is 13.0 Å². The van der Waals surface area contributed by atoms with E-state index in [2.05, 4.69) is 32.7 Å². The second-order valence-electron chi connectivity index (χ2n) is 14.2. The van der Waals surface area contributed by atoms with Crippen molar-refractivity contribution in [1.29, 1.82) is 0 Å². The molecule has 5 nitrogen and oxygen atoms in total. The van der Waals surface area contributed by atoms with Crippen molar-refractivity contribution in [2.24, 2.45) is 17.8 Å². The number of nitrogens with zero attached hydrogens (tertiary/aromatic N) is 1. The van der Waals surface area contributed by atoms with Crippen LogP contribution in [0.15, 0.2) is 0 Å². The normalized spacial score (nSPS) is 16.1. The monoisotopic (exact) mass is 622 g/mol. The molecule has 1 aliphatic heterocycles. The molecule has 0 amide bonds. The third-order valence-corrected chi connectivity index (χ3v) is 9.87. The van der Waals surface area contributed by atoms with Crippen LogP contribution in [-0.2, 0) is 19.1 Å². The number of hydrogen-bond acceptors (Lipinski definition) is 5. The van der Waals surface area contributed by atoms with E-state index in [4.69, 9.17) is 9.47 Å². The first-order valence-corrected chi connectivity index (χ1v) is 19.5. The molecule has 0 aromatic carbocycles. The number of carbonyl (C=O) groups is 2. The van der Waals surface area contributed by atoms with Crippen LogP contribution in [0.4, 0.5) is 0 Å². The van der Waals surface area contributed by atoms with Gasteiger partial charge >= 0.3 is 11.9 Å². The van der Waals surface area contributed by atoms with Gasteiger partial charge in [0.1, 0.15) is 0 Å². The van der Waals surface area contributed by atoms with Gasteiger partial charge in [0.05, 0.1) is 19.1 Å². The van der Waals surface area contributed by atoms with Crippen molar-refractivity contribution in [3.63, 3.8) is 0 Å². The molecule has 1 heterocycles. The van der Waals surface area contributed by atoms with Gasteiger partial charge in [-0.05, 0) is 57.5 Å². The van der Waals surface area contributed by atoms with E-state index in [9.17, 15) is 9.59 Å². The lowest BCUT2D eigenvalue weighted by molar-refractivity contribution is -0.149. The Hall–Kier alpha value is -1.10. The minimum absolute atomic E-state index is 0.00197. The molecule has 1 aliphatic rings. The molecule has 0 N–H and O–H groups in total. The Kier molecular flexibility index (Phi) is 27.3. The number of carbonyl (C=O) groups excluding carboxylic acids is 2. The predicted molar refractivity (Wildman–Crippen MR) is 187 cm³/mol. The molecule has 1 saturated heterocycles. The molecule has 0 saturated carbocycles. The molecule has 1 fully saturated rings. The van der Waals surface area contributed by atoms with Crippen molar-refractivity contribution in [3.05, 3.63) is 0 Å². The zero-order valence-electron chi connectivity index (χ0n) is 30.0. The van der Waals surface area contributed by atoms with Crippen molar-refractivity contribution < 1.29 is 19.1 Å². The summed E-state index contributed by atoms with van der Waals surface area (Å²) in [4.78, 5) is 27.1. The maximum atomic E-state index is 12.6.